The van der Waals surface area contributed by atoms with Crippen LogP contribution in [0.4, 0.5) is 14.9 Å². The molecule has 0 aromatic heterocycles. The van der Waals surface area contributed by atoms with Crippen molar-refractivity contribution in [2.24, 2.45) is 0 Å². The minimum atomic E-state index is -0.568. The first-order chi connectivity index (χ1) is 15.8. The number of rotatable bonds is 4. The first-order valence-electron chi connectivity index (χ1n) is 11.0. The van der Waals surface area contributed by atoms with E-state index in [2.05, 4.69) is 5.32 Å². The zero-order valence-corrected chi connectivity index (χ0v) is 19.1. The molecule has 7 nitrogen and oxygen atoms in total. The lowest BCUT2D eigenvalue weighted by Crippen LogP contribution is -2.59. The van der Waals surface area contributed by atoms with Crippen LogP contribution in [0.15, 0.2) is 42.5 Å². The van der Waals surface area contributed by atoms with Crippen molar-refractivity contribution in [1.29, 1.82) is 0 Å². The van der Waals surface area contributed by atoms with E-state index >= 15 is 0 Å². The van der Waals surface area contributed by atoms with Crippen LogP contribution in [0.5, 0.6) is 0 Å². The summed E-state index contributed by atoms with van der Waals surface area (Å²) in [6.45, 7) is 3.90. The Morgan fingerprint density at radius 3 is 2.52 bits per heavy atom. The van der Waals surface area contributed by atoms with Crippen molar-refractivity contribution in [1.82, 2.24) is 14.7 Å². The Morgan fingerprint density at radius 1 is 1.06 bits per heavy atom. The second-order valence-corrected chi connectivity index (χ2v) is 8.87. The molecule has 2 aromatic rings. The number of halogens is 2. The summed E-state index contributed by atoms with van der Waals surface area (Å²) in [5, 5.41) is 3.45. The Morgan fingerprint density at radius 2 is 1.82 bits per heavy atom. The predicted molar refractivity (Wildman–Crippen MR) is 123 cm³/mol. The summed E-state index contributed by atoms with van der Waals surface area (Å²) in [6.07, 6.45) is 1.20. The van der Waals surface area contributed by atoms with Gasteiger partial charge >= 0.3 is 17.8 Å². The normalized spacial score (nSPS) is 17.5. The second kappa shape index (κ2) is 9.79. The summed E-state index contributed by atoms with van der Waals surface area (Å²) in [6, 6.07) is 11.1. The van der Waals surface area contributed by atoms with Crippen LogP contribution in [0.1, 0.15) is 24.0 Å². The smallest absolute Gasteiger partial charge is 0.321 e. The lowest BCUT2D eigenvalue weighted by molar-refractivity contribution is -0.158. The highest BCUT2D eigenvalue weighted by Crippen LogP contribution is 2.23. The topological polar surface area (TPSA) is 73.0 Å². The van der Waals surface area contributed by atoms with Crippen molar-refractivity contribution < 1.29 is 18.8 Å². The van der Waals surface area contributed by atoms with Gasteiger partial charge in [-0.25, -0.2) is 9.18 Å². The number of hydrogen-bond donors (Lipinski definition) is 1. The lowest BCUT2D eigenvalue weighted by atomic mass is 10.0. The maximum Gasteiger partial charge on any atom is 0.321 e. The molecule has 2 aliphatic rings. The Hall–Kier alpha value is -3.13. The van der Waals surface area contributed by atoms with Crippen LogP contribution in [-0.2, 0) is 16.1 Å². The quantitative estimate of drug-likeness (QED) is 0.690. The number of carbonyl (C=O) groups is 3. The number of nitrogens with zero attached hydrogens (tertiary/aromatic N) is 3. The number of hydrogen-bond acceptors (Lipinski definition) is 3. The summed E-state index contributed by atoms with van der Waals surface area (Å²) >= 11 is 6.13. The average Bonchev–Trinajstić information content (AvgIpc) is 2.80. The Balaban J connectivity index is 1.29. The summed E-state index contributed by atoms with van der Waals surface area (Å²) in [4.78, 5) is 42.8. The molecule has 2 fully saturated rings. The van der Waals surface area contributed by atoms with Gasteiger partial charge in [0.15, 0.2) is 0 Å². The van der Waals surface area contributed by atoms with Gasteiger partial charge in [0.2, 0.25) is 0 Å². The van der Waals surface area contributed by atoms with Gasteiger partial charge in [-0.1, -0.05) is 29.8 Å². The SMILES string of the molecule is Cc1ccc(NC(=O)N2CCC(N3CCN(Cc4cccc(F)c4)C(=O)C3=O)CC2)cc1Cl. The Labute approximate surface area is 197 Å². The molecule has 1 N–H and O–H groups in total. The number of urea groups is 1. The van der Waals surface area contributed by atoms with Gasteiger partial charge < -0.3 is 20.0 Å². The van der Waals surface area contributed by atoms with Gasteiger partial charge in [-0.2, -0.15) is 0 Å². The lowest BCUT2D eigenvalue weighted by Gasteiger charge is -2.42. The van der Waals surface area contributed by atoms with Gasteiger partial charge in [0.1, 0.15) is 5.82 Å². The summed E-state index contributed by atoms with van der Waals surface area (Å²) < 4.78 is 13.4. The van der Waals surface area contributed by atoms with Crippen LogP contribution in [0, 0.1) is 12.7 Å². The van der Waals surface area contributed by atoms with E-state index in [-0.39, 0.29) is 24.4 Å². The van der Waals surface area contributed by atoms with Crippen molar-refractivity contribution in [3.8, 4) is 0 Å². The molecule has 0 radical (unpaired) electrons. The third-order valence-electron chi connectivity index (χ3n) is 6.22. The molecule has 0 aliphatic carbocycles. The fourth-order valence-electron chi connectivity index (χ4n) is 4.30. The highest BCUT2D eigenvalue weighted by atomic mass is 35.5. The van der Waals surface area contributed by atoms with Crippen LogP contribution < -0.4 is 5.32 Å². The van der Waals surface area contributed by atoms with Gasteiger partial charge in [0.05, 0.1) is 0 Å². The molecule has 174 valence electrons. The van der Waals surface area contributed by atoms with E-state index in [0.29, 0.717) is 55.3 Å². The number of piperazine rings is 1. The molecular weight excluding hydrogens is 447 g/mol. The Bertz CT molecular complexity index is 1070. The van der Waals surface area contributed by atoms with Gasteiger partial charge in [-0.3, -0.25) is 9.59 Å². The van der Waals surface area contributed by atoms with E-state index in [0.717, 1.165) is 5.56 Å². The monoisotopic (exact) mass is 472 g/mol. The largest absolute Gasteiger partial charge is 0.330 e. The molecular formula is C24H26ClFN4O3. The zero-order chi connectivity index (χ0) is 23.5. The number of amides is 4. The predicted octanol–water partition coefficient (Wildman–Crippen LogP) is 3.65. The number of anilines is 1. The van der Waals surface area contributed by atoms with Gasteiger partial charge in [-0.05, 0) is 55.2 Å². The fraction of sp³-hybridized carbons (Fsp3) is 0.375. The van der Waals surface area contributed by atoms with Crippen LogP contribution in [0.25, 0.3) is 0 Å². The molecule has 2 saturated heterocycles. The van der Waals surface area contributed by atoms with Gasteiger partial charge in [-0.15, -0.1) is 0 Å². The van der Waals surface area contributed by atoms with Crippen molar-refractivity contribution >= 4 is 35.1 Å². The molecule has 2 aromatic carbocycles. The first kappa shape index (κ1) is 23.0. The first-order valence-corrected chi connectivity index (χ1v) is 11.4. The van der Waals surface area contributed by atoms with Gasteiger partial charge in [0.25, 0.3) is 0 Å². The van der Waals surface area contributed by atoms with Crippen LogP contribution in [0.3, 0.4) is 0 Å². The van der Waals surface area contributed by atoms with E-state index in [9.17, 15) is 18.8 Å². The number of carbonyl (C=O) groups excluding carboxylic acids is 3. The number of likely N-dealkylation sites (tertiary alicyclic amines) is 1. The third-order valence-corrected chi connectivity index (χ3v) is 6.63. The molecule has 2 heterocycles. The van der Waals surface area contributed by atoms with E-state index in [1.54, 1.807) is 34.1 Å². The number of nitrogens with one attached hydrogen (secondary N) is 1. The highest BCUT2D eigenvalue weighted by molar-refractivity contribution is 6.35. The van der Waals surface area contributed by atoms with E-state index in [4.69, 9.17) is 11.6 Å². The molecule has 4 rings (SSSR count). The molecule has 2 aliphatic heterocycles. The maximum absolute atomic E-state index is 13.4. The molecule has 4 amide bonds. The van der Waals surface area contributed by atoms with Crippen molar-refractivity contribution in [2.45, 2.75) is 32.4 Å². The van der Waals surface area contributed by atoms with Crippen molar-refractivity contribution in [3.05, 3.63) is 64.4 Å². The molecule has 0 bridgehead atoms. The van der Waals surface area contributed by atoms with Crippen molar-refractivity contribution in [2.75, 3.05) is 31.5 Å². The van der Waals surface area contributed by atoms with Crippen LogP contribution in [0.2, 0.25) is 5.02 Å². The molecule has 0 saturated carbocycles. The summed E-state index contributed by atoms with van der Waals surface area (Å²) in [5.41, 5.74) is 2.22. The van der Waals surface area contributed by atoms with E-state index < -0.39 is 11.8 Å². The van der Waals surface area contributed by atoms with E-state index in [1.807, 2.05) is 13.0 Å². The fourth-order valence-corrected chi connectivity index (χ4v) is 4.48. The number of benzene rings is 2. The molecule has 9 heteroatoms. The number of aryl methyl sites for hydroxylation is 1. The second-order valence-electron chi connectivity index (χ2n) is 8.47. The van der Waals surface area contributed by atoms with E-state index in [1.165, 1.54) is 17.0 Å². The van der Waals surface area contributed by atoms with Crippen molar-refractivity contribution in [3.63, 3.8) is 0 Å². The standard InChI is InChI=1S/C24H26ClFN4O3/c1-16-5-6-19(14-21(16)25)27-24(33)28-9-7-20(8-10-28)30-12-11-29(22(31)23(30)32)15-17-3-2-4-18(26)13-17/h2-6,13-14,20H,7-12,15H2,1H3,(H,27,33). The summed E-state index contributed by atoms with van der Waals surface area (Å²) in [5.74, 6) is -1.47. The summed E-state index contributed by atoms with van der Waals surface area (Å²) in [7, 11) is 0. The van der Waals surface area contributed by atoms with Crippen LogP contribution in [-0.4, -0.2) is 64.8 Å². The van der Waals surface area contributed by atoms with Crippen LogP contribution >= 0.6 is 11.6 Å². The molecule has 33 heavy (non-hydrogen) atoms. The molecule has 0 spiro atoms. The minimum Gasteiger partial charge on any atom is -0.330 e. The molecule has 0 atom stereocenters. The highest BCUT2D eigenvalue weighted by Gasteiger charge is 2.38. The molecule has 0 unspecified atom stereocenters. The van der Waals surface area contributed by atoms with Gasteiger partial charge in [0, 0.05) is 49.5 Å². The zero-order valence-electron chi connectivity index (χ0n) is 18.4. The minimum absolute atomic E-state index is 0.0874. The Kier molecular flexibility index (Phi) is 6.83. The third kappa shape index (κ3) is 5.27. The number of piperidine rings is 1. The average molecular weight is 473 g/mol. The maximum atomic E-state index is 13.4.